The largest absolute Gasteiger partial charge is 0.573 e. The summed E-state index contributed by atoms with van der Waals surface area (Å²) in [6.45, 7) is 0. The molecule has 1 atom stereocenters. The van der Waals surface area contributed by atoms with Crippen molar-refractivity contribution < 1.29 is 23.0 Å². The van der Waals surface area contributed by atoms with E-state index in [0.29, 0.717) is 0 Å². The molecule has 1 unspecified atom stereocenters. The monoisotopic (exact) mass is 232 g/mol. The van der Waals surface area contributed by atoms with Gasteiger partial charge in [0, 0.05) is 5.56 Å². The molecule has 0 aromatic heterocycles. The number of aliphatic hydroxyl groups excluding tert-OH is 1. The van der Waals surface area contributed by atoms with Gasteiger partial charge in [-0.2, -0.15) is 0 Å². The summed E-state index contributed by atoms with van der Waals surface area (Å²) in [7, 11) is 0. The number of hydrogen-bond acceptors (Lipinski definition) is 2. The summed E-state index contributed by atoms with van der Waals surface area (Å²) in [6, 6.07) is 5.72. The predicted molar refractivity (Wildman–Crippen MR) is 50.8 cm³/mol. The van der Waals surface area contributed by atoms with Crippen LogP contribution in [0.3, 0.4) is 0 Å². The summed E-state index contributed by atoms with van der Waals surface area (Å²) in [5.41, 5.74) is 0.210. The zero-order chi connectivity index (χ0) is 11.8. The van der Waals surface area contributed by atoms with E-state index < -0.39 is 12.5 Å². The molecule has 1 aromatic rings. The average molecular weight is 232 g/mol. The molecule has 88 valence electrons. The molecule has 1 aromatic carbocycles. The van der Waals surface area contributed by atoms with Gasteiger partial charge in [-0.05, 0) is 24.8 Å². The topological polar surface area (TPSA) is 29.5 Å². The van der Waals surface area contributed by atoms with Gasteiger partial charge in [0.15, 0.2) is 0 Å². The molecule has 2 nitrogen and oxygen atoms in total. The summed E-state index contributed by atoms with van der Waals surface area (Å²) in [5.74, 6) is -0.243. The molecule has 0 aliphatic heterocycles. The van der Waals surface area contributed by atoms with E-state index in [0.717, 1.165) is 12.8 Å². The Bertz CT molecular complexity index is 372. The first kappa shape index (κ1) is 11.3. The number of halogens is 3. The van der Waals surface area contributed by atoms with Crippen LogP contribution in [0.2, 0.25) is 0 Å². The number of aliphatic hydroxyl groups is 1. The Morgan fingerprint density at radius 2 is 1.88 bits per heavy atom. The molecule has 0 amide bonds. The maximum absolute atomic E-state index is 12.1. The van der Waals surface area contributed by atoms with Crippen molar-refractivity contribution in [1.82, 2.24) is 0 Å². The molecule has 0 spiro atoms. The zero-order valence-corrected chi connectivity index (χ0v) is 8.37. The van der Waals surface area contributed by atoms with Gasteiger partial charge in [0.2, 0.25) is 0 Å². The molecule has 1 saturated carbocycles. The van der Waals surface area contributed by atoms with E-state index in [1.807, 2.05) is 0 Å². The second kappa shape index (κ2) is 3.97. The average Bonchev–Trinajstić information content (AvgIpc) is 2.98. The molecule has 0 radical (unpaired) electrons. The lowest BCUT2D eigenvalue weighted by atomic mass is 10.0. The Hall–Kier alpha value is -1.23. The van der Waals surface area contributed by atoms with Gasteiger partial charge in [-0.15, -0.1) is 13.2 Å². The lowest BCUT2D eigenvalue weighted by Gasteiger charge is -2.16. The first-order valence-electron chi connectivity index (χ1n) is 5.00. The van der Waals surface area contributed by atoms with Crippen LogP contribution in [-0.2, 0) is 0 Å². The van der Waals surface area contributed by atoms with E-state index in [1.165, 1.54) is 18.2 Å². The van der Waals surface area contributed by atoms with Crippen LogP contribution >= 0.6 is 0 Å². The van der Waals surface area contributed by atoms with E-state index in [4.69, 9.17) is 0 Å². The Balaban J connectivity index is 2.22. The molecular weight excluding hydrogens is 221 g/mol. The zero-order valence-electron chi connectivity index (χ0n) is 8.37. The van der Waals surface area contributed by atoms with Crippen molar-refractivity contribution in [3.63, 3.8) is 0 Å². The van der Waals surface area contributed by atoms with Gasteiger partial charge >= 0.3 is 6.36 Å². The van der Waals surface area contributed by atoms with Crippen LogP contribution in [0, 0.1) is 5.92 Å². The molecule has 0 heterocycles. The third-order valence-corrected chi connectivity index (χ3v) is 2.53. The summed E-state index contributed by atoms with van der Waals surface area (Å²) < 4.78 is 40.2. The molecule has 1 N–H and O–H groups in total. The van der Waals surface area contributed by atoms with Crippen LogP contribution in [0.1, 0.15) is 24.5 Å². The molecule has 0 bridgehead atoms. The summed E-state index contributed by atoms with van der Waals surface area (Å²) >= 11 is 0. The van der Waals surface area contributed by atoms with E-state index in [9.17, 15) is 18.3 Å². The van der Waals surface area contributed by atoms with Crippen molar-refractivity contribution in [2.75, 3.05) is 0 Å². The predicted octanol–water partition coefficient (Wildman–Crippen LogP) is 3.03. The third kappa shape index (κ3) is 2.66. The van der Waals surface area contributed by atoms with Gasteiger partial charge in [0.05, 0.1) is 6.10 Å². The lowest BCUT2D eigenvalue weighted by Crippen LogP contribution is -2.19. The molecule has 0 saturated heterocycles. The Kier molecular flexibility index (Phi) is 2.80. The quantitative estimate of drug-likeness (QED) is 0.867. The Morgan fingerprint density at radius 3 is 2.44 bits per heavy atom. The maximum atomic E-state index is 12.1. The SMILES string of the molecule is OC(c1ccccc1OC(F)(F)F)C1CC1. The summed E-state index contributed by atoms with van der Waals surface area (Å²) in [4.78, 5) is 0. The van der Waals surface area contributed by atoms with Crippen molar-refractivity contribution in [3.05, 3.63) is 29.8 Å². The highest BCUT2D eigenvalue weighted by Gasteiger charge is 2.36. The van der Waals surface area contributed by atoms with Gasteiger partial charge in [0.25, 0.3) is 0 Å². The van der Waals surface area contributed by atoms with Gasteiger partial charge in [-0.25, -0.2) is 0 Å². The van der Waals surface area contributed by atoms with Crippen LogP contribution in [0.4, 0.5) is 13.2 Å². The Labute approximate surface area is 90.7 Å². The van der Waals surface area contributed by atoms with Crippen LogP contribution in [-0.4, -0.2) is 11.5 Å². The molecule has 2 rings (SSSR count). The summed E-state index contributed by atoms with van der Waals surface area (Å²) in [6.07, 6.45) is -3.89. The molecular formula is C11H11F3O2. The standard InChI is InChI=1S/C11H11F3O2/c12-11(13,14)16-9-4-2-1-3-8(9)10(15)7-5-6-7/h1-4,7,10,15H,5-6H2. The number of alkyl halides is 3. The molecule has 1 aliphatic carbocycles. The smallest absolute Gasteiger partial charge is 0.405 e. The van der Waals surface area contributed by atoms with E-state index >= 15 is 0 Å². The molecule has 5 heteroatoms. The fourth-order valence-electron chi connectivity index (χ4n) is 1.61. The summed E-state index contributed by atoms with van der Waals surface area (Å²) in [5, 5.41) is 9.79. The fraction of sp³-hybridized carbons (Fsp3) is 0.455. The number of rotatable bonds is 3. The van der Waals surface area contributed by atoms with Crippen LogP contribution < -0.4 is 4.74 Å². The van der Waals surface area contributed by atoms with Gasteiger partial charge in [-0.1, -0.05) is 18.2 Å². The maximum Gasteiger partial charge on any atom is 0.573 e. The lowest BCUT2D eigenvalue weighted by molar-refractivity contribution is -0.275. The van der Waals surface area contributed by atoms with Gasteiger partial charge in [0.1, 0.15) is 5.75 Å². The van der Waals surface area contributed by atoms with Crippen molar-refractivity contribution >= 4 is 0 Å². The fourth-order valence-corrected chi connectivity index (χ4v) is 1.61. The van der Waals surface area contributed by atoms with Crippen LogP contribution in [0.15, 0.2) is 24.3 Å². The normalized spacial score (nSPS) is 18.2. The van der Waals surface area contributed by atoms with E-state index in [1.54, 1.807) is 6.07 Å². The van der Waals surface area contributed by atoms with E-state index in [2.05, 4.69) is 4.74 Å². The van der Waals surface area contributed by atoms with E-state index in [-0.39, 0.29) is 17.2 Å². The minimum Gasteiger partial charge on any atom is -0.405 e. The third-order valence-electron chi connectivity index (χ3n) is 2.53. The minimum absolute atomic E-state index is 0.0676. The highest BCUT2D eigenvalue weighted by atomic mass is 19.4. The van der Waals surface area contributed by atoms with Crippen molar-refractivity contribution in [2.45, 2.75) is 25.3 Å². The highest BCUT2D eigenvalue weighted by molar-refractivity contribution is 5.36. The number of ether oxygens (including phenoxy) is 1. The second-order valence-electron chi connectivity index (χ2n) is 3.87. The number of hydrogen-bond donors (Lipinski definition) is 1. The highest BCUT2D eigenvalue weighted by Crippen LogP contribution is 2.44. The number of para-hydroxylation sites is 1. The Morgan fingerprint density at radius 1 is 1.25 bits per heavy atom. The van der Waals surface area contributed by atoms with Crippen molar-refractivity contribution in [2.24, 2.45) is 5.92 Å². The molecule has 16 heavy (non-hydrogen) atoms. The van der Waals surface area contributed by atoms with Crippen LogP contribution in [0.25, 0.3) is 0 Å². The van der Waals surface area contributed by atoms with Crippen molar-refractivity contribution in [3.8, 4) is 5.75 Å². The van der Waals surface area contributed by atoms with Crippen LogP contribution in [0.5, 0.6) is 5.75 Å². The van der Waals surface area contributed by atoms with Gasteiger partial charge < -0.3 is 9.84 Å². The molecule has 1 fully saturated rings. The minimum atomic E-state index is -4.72. The van der Waals surface area contributed by atoms with Gasteiger partial charge in [-0.3, -0.25) is 0 Å². The molecule has 1 aliphatic rings. The number of benzene rings is 1. The first-order valence-corrected chi connectivity index (χ1v) is 5.00. The van der Waals surface area contributed by atoms with Crippen molar-refractivity contribution in [1.29, 1.82) is 0 Å². The second-order valence-corrected chi connectivity index (χ2v) is 3.87. The first-order chi connectivity index (χ1) is 7.47.